The fourth-order valence-corrected chi connectivity index (χ4v) is 1.95. The first-order valence-electron chi connectivity index (χ1n) is 6.86. The molecule has 2 N–H and O–H groups in total. The number of carboxylic acids is 1. The van der Waals surface area contributed by atoms with Crippen LogP contribution < -0.4 is 5.32 Å². The lowest BCUT2D eigenvalue weighted by Gasteiger charge is -2.28. The number of nitrogens with one attached hydrogen (secondary N) is 1. The maximum atomic E-state index is 11.8. The Hall–Kier alpha value is -1.06. The molecule has 4 heteroatoms. The number of carboxylic acid groups (broad SMARTS) is 1. The number of carbonyl (C=O) groups excluding carboxylic acids is 1. The molecule has 104 valence electrons. The van der Waals surface area contributed by atoms with Crippen molar-refractivity contribution in [3.8, 4) is 0 Å². The van der Waals surface area contributed by atoms with Crippen molar-refractivity contribution in [3.63, 3.8) is 0 Å². The van der Waals surface area contributed by atoms with Gasteiger partial charge in [0.15, 0.2) is 0 Å². The second kappa shape index (κ2) is 6.21. The Balaban J connectivity index is 2.29. The maximum absolute atomic E-state index is 11.8. The number of hydrogen-bond donors (Lipinski definition) is 2. The lowest BCUT2D eigenvalue weighted by molar-refractivity contribution is -0.153. The van der Waals surface area contributed by atoms with E-state index in [0.29, 0.717) is 6.54 Å². The molecule has 0 radical (unpaired) electrons. The molecule has 1 aliphatic carbocycles. The van der Waals surface area contributed by atoms with Crippen LogP contribution in [0.3, 0.4) is 0 Å². The highest BCUT2D eigenvalue weighted by Gasteiger charge is 2.38. The van der Waals surface area contributed by atoms with Gasteiger partial charge in [-0.15, -0.1) is 0 Å². The summed E-state index contributed by atoms with van der Waals surface area (Å²) in [5, 5.41) is 12.1. The molecule has 18 heavy (non-hydrogen) atoms. The first-order chi connectivity index (χ1) is 8.36. The molecule has 1 fully saturated rings. The van der Waals surface area contributed by atoms with E-state index >= 15 is 0 Å². The van der Waals surface area contributed by atoms with Crippen LogP contribution in [0.5, 0.6) is 0 Å². The smallest absolute Gasteiger partial charge is 0.310 e. The summed E-state index contributed by atoms with van der Waals surface area (Å²) >= 11 is 0. The molecule has 0 aromatic heterocycles. The lowest BCUT2D eigenvalue weighted by Crippen LogP contribution is -2.39. The van der Waals surface area contributed by atoms with Gasteiger partial charge >= 0.3 is 5.97 Å². The highest BCUT2D eigenvalue weighted by Crippen LogP contribution is 2.33. The van der Waals surface area contributed by atoms with E-state index in [9.17, 15) is 14.7 Å². The average molecular weight is 255 g/mol. The Bertz CT molecular complexity index is 310. The second-order valence-electron chi connectivity index (χ2n) is 5.99. The third kappa shape index (κ3) is 4.31. The summed E-state index contributed by atoms with van der Waals surface area (Å²) in [7, 11) is 0. The van der Waals surface area contributed by atoms with E-state index in [1.165, 1.54) is 19.3 Å². The van der Waals surface area contributed by atoms with E-state index < -0.39 is 11.4 Å². The first-order valence-corrected chi connectivity index (χ1v) is 6.86. The SMILES string of the molecule is CC(C)C(C)(CC(=O)NCCCC1CC1)C(=O)O. The molecule has 4 nitrogen and oxygen atoms in total. The topological polar surface area (TPSA) is 66.4 Å². The molecular formula is C14H25NO3. The van der Waals surface area contributed by atoms with Gasteiger partial charge in [-0.1, -0.05) is 26.7 Å². The highest BCUT2D eigenvalue weighted by atomic mass is 16.4. The Morgan fingerprint density at radius 1 is 1.39 bits per heavy atom. The molecule has 1 aliphatic rings. The van der Waals surface area contributed by atoms with Crippen molar-refractivity contribution in [1.82, 2.24) is 5.32 Å². The fourth-order valence-electron chi connectivity index (χ4n) is 1.95. The van der Waals surface area contributed by atoms with Crippen molar-refractivity contribution in [3.05, 3.63) is 0 Å². The van der Waals surface area contributed by atoms with Crippen LogP contribution in [0.4, 0.5) is 0 Å². The summed E-state index contributed by atoms with van der Waals surface area (Å²) in [5.41, 5.74) is -0.972. The van der Waals surface area contributed by atoms with Gasteiger partial charge in [0.25, 0.3) is 0 Å². The van der Waals surface area contributed by atoms with Crippen LogP contribution in [0, 0.1) is 17.3 Å². The summed E-state index contributed by atoms with van der Waals surface area (Å²) in [4.78, 5) is 23.0. The normalized spacial score (nSPS) is 18.4. The maximum Gasteiger partial charge on any atom is 0.310 e. The van der Waals surface area contributed by atoms with Crippen LogP contribution in [-0.2, 0) is 9.59 Å². The summed E-state index contributed by atoms with van der Waals surface area (Å²) in [6.45, 7) is 6.00. The molecule has 0 aromatic rings. The van der Waals surface area contributed by atoms with Crippen molar-refractivity contribution in [2.24, 2.45) is 17.3 Å². The van der Waals surface area contributed by atoms with Gasteiger partial charge < -0.3 is 10.4 Å². The third-order valence-corrected chi connectivity index (χ3v) is 4.10. The molecule has 0 heterocycles. The molecule has 1 saturated carbocycles. The van der Waals surface area contributed by atoms with Gasteiger partial charge in [-0.05, 0) is 31.6 Å². The van der Waals surface area contributed by atoms with Crippen LogP contribution in [0.1, 0.15) is 52.9 Å². The minimum atomic E-state index is -0.972. The molecule has 0 saturated heterocycles. The van der Waals surface area contributed by atoms with Gasteiger partial charge in [0.1, 0.15) is 0 Å². The van der Waals surface area contributed by atoms with Gasteiger partial charge in [0, 0.05) is 13.0 Å². The van der Waals surface area contributed by atoms with Crippen molar-refractivity contribution >= 4 is 11.9 Å². The molecule has 0 aliphatic heterocycles. The molecular weight excluding hydrogens is 230 g/mol. The number of amides is 1. The summed E-state index contributed by atoms with van der Waals surface area (Å²) in [6.07, 6.45) is 4.91. The molecule has 0 spiro atoms. The van der Waals surface area contributed by atoms with E-state index in [1.54, 1.807) is 6.92 Å². The predicted molar refractivity (Wildman–Crippen MR) is 70.2 cm³/mol. The van der Waals surface area contributed by atoms with E-state index in [2.05, 4.69) is 5.32 Å². The monoisotopic (exact) mass is 255 g/mol. The van der Waals surface area contributed by atoms with Crippen molar-refractivity contribution in [1.29, 1.82) is 0 Å². The molecule has 0 bridgehead atoms. The third-order valence-electron chi connectivity index (χ3n) is 4.10. The van der Waals surface area contributed by atoms with Crippen LogP contribution in [0.2, 0.25) is 0 Å². The summed E-state index contributed by atoms with van der Waals surface area (Å²) in [6, 6.07) is 0. The number of carbonyl (C=O) groups is 2. The Morgan fingerprint density at radius 3 is 2.44 bits per heavy atom. The largest absolute Gasteiger partial charge is 0.481 e. The molecule has 1 unspecified atom stereocenters. The van der Waals surface area contributed by atoms with Gasteiger partial charge in [0.2, 0.25) is 5.91 Å². The number of aliphatic carboxylic acids is 1. The van der Waals surface area contributed by atoms with E-state index in [-0.39, 0.29) is 18.2 Å². The van der Waals surface area contributed by atoms with Crippen LogP contribution in [0.25, 0.3) is 0 Å². The zero-order valence-electron chi connectivity index (χ0n) is 11.7. The van der Waals surface area contributed by atoms with E-state index in [4.69, 9.17) is 0 Å². The van der Waals surface area contributed by atoms with Gasteiger partial charge in [-0.3, -0.25) is 9.59 Å². The molecule has 1 atom stereocenters. The van der Waals surface area contributed by atoms with Crippen LogP contribution in [0.15, 0.2) is 0 Å². The molecule has 1 amide bonds. The number of rotatable bonds is 8. The van der Waals surface area contributed by atoms with E-state index in [0.717, 1.165) is 12.3 Å². The van der Waals surface area contributed by atoms with Gasteiger partial charge in [-0.25, -0.2) is 0 Å². The van der Waals surface area contributed by atoms with Gasteiger partial charge in [0.05, 0.1) is 5.41 Å². The molecule has 0 aromatic carbocycles. The van der Waals surface area contributed by atoms with Crippen LogP contribution in [-0.4, -0.2) is 23.5 Å². The quantitative estimate of drug-likeness (QED) is 0.655. The second-order valence-corrected chi connectivity index (χ2v) is 5.99. The summed E-state index contributed by atoms with van der Waals surface area (Å²) < 4.78 is 0. The fraction of sp³-hybridized carbons (Fsp3) is 0.857. The Labute approximate surface area is 109 Å². The Kier molecular flexibility index (Phi) is 5.17. The van der Waals surface area contributed by atoms with Crippen molar-refractivity contribution < 1.29 is 14.7 Å². The number of hydrogen-bond acceptors (Lipinski definition) is 2. The molecule has 1 rings (SSSR count). The predicted octanol–water partition coefficient (Wildman–Crippen LogP) is 2.43. The van der Waals surface area contributed by atoms with E-state index in [1.807, 2.05) is 13.8 Å². The van der Waals surface area contributed by atoms with Crippen molar-refractivity contribution in [2.45, 2.75) is 52.9 Å². The summed E-state index contributed by atoms with van der Waals surface area (Å²) in [5.74, 6) is -0.232. The Morgan fingerprint density at radius 2 is 2.00 bits per heavy atom. The standard InChI is InChI=1S/C14H25NO3/c1-10(2)14(3,13(17)18)9-12(16)15-8-4-5-11-6-7-11/h10-11H,4-9H2,1-3H3,(H,15,16)(H,17,18). The average Bonchev–Trinajstić information content (AvgIpc) is 3.07. The van der Waals surface area contributed by atoms with Gasteiger partial charge in [-0.2, -0.15) is 0 Å². The lowest BCUT2D eigenvalue weighted by atomic mass is 9.76. The van der Waals surface area contributed by atoms with Crippen molar-refractivity contribution in [2.75, 3.05) is 6.54 Å². The zero-order valence-corrected chi connectivity index (χ0v) is 11.7. The minimum Gasteiger partial charge on any atom is -0.481 e. The minimum absolute atomic E-state index is 0.0590. The zero-order chi connectivity index (χ0) is 13.8. The highest BCUT2D eigenvalue weighted by molar-refractivity contribution is 5.84. The first kappa shape index (κ1) is 15.0. The van der Waals surface area contributed by atoms with Crippen LogP contribution >= 0.6 is 0 Å².